The SMILES string of the molecule is CC1CSCCN1c1ccc(C#N)cc1F. The second kappa shape index (κ2) is 4.75. The maximum Gasteiger partial charge on any atom is 0.147 e. The summed E-state index contributed by atoms with van der Waals surface area (Å²) in [7, 11) is 0. The van der Waals surface area contributed by atoms with Gasteiger partial charge in [-0.15, -0.1) is 0 Å². The van der Waals surface area contributed by atoms with Crippen LogP contribution in [-0.4, -0.2) is 24.1 Å². The fourth-order valence-electron chi connectivity index (χ4n) is 1.89. The van der Waals surface area contributed by atoms with Gasteiger partial charge in [0.25, 0.3) is 0 Å². The number of halogens is 1. The molecule has 1 saturated heterocycles. The smallest absolute Gasteiger partial charge is 0.147 e. The van der Waals surface area contributed by atoms with Crippen molar-refractivity contribution in [2.45, 2.75) is 13.0 Å². The Morgan fingerprint density at radius 2 is 2.38 bits per heavy atom. The van der Waals surface area contributed by atoms with E-state index in [-0.39, 0.29) is 5.82 Å². The van der Waals surface area contributed by atoms with Gasteiger partial charge in [0.05, 0.1) is 17.3 Å². The Hall–Kier alpha value is -1.21. The minimum Gasteiger partial charge on any atom is -0.365 e. The van der Waals surface area contributed by atoms with E-state index in [1.54, 1.807) is 12.1 Å². The normalized spacial score (nSPS) is 20.6. The highest BCUT2D eigenvalue weighted by molar-refractivity contribution is 7.99. The molecule has 1 atom stereocenters. The van der Waals surface area contributed by atoms with Crippen LogP contribution in [0, 0.1) is 17.1 Å². The molecule has 2 rings (SSSR count). The Morgan fingerprint density at radius 1 is 1.56 bits per heavy atom. The molecular formula is C12H13FN2S. The number of nitrogens with zero attached hydrogens (tertiary/aromatic N) is 2. The van der Waals surface area contributed by atoms with Gasteiger partial charge in [0.1, 0.15) is 5.82 Å². The standard InChI is InChI=1S/C12H13FN2S/c1-9-8-16-5-4-15(9)12-3-2-10(7-14)6-11(12)13/h2-3,6,9H,4-5,8H2,1H3. The molecule has 1 aliphatic heterocycles. The first kappa shape index (κ1) is 11.3. The number of anilines is 1. The van der Waals surface area contributed by atoms with E-state index < -0.39 is 0 Å². The van der Waals surface area contributed by atoms with Crippen LogP contribution in [0.15, 0.2) is 18.2 Å². The van der Waals surface area contributed by atoms with Crippen molar-refractivity contribution in [3.05, 3.63) is 29.6 Å². The molecule has 0 amide bonds. The Bertz CT molecular complexity index is 428. The fraction of sp³-hybridized carbons (Fsp3) is 0.417. The Morgan fingerprint density at radius 3 is 3.00 bits per heavy atom. The average molecular weight is 236 g/mol. The lowest BCUT2D eigenvalue weighted by Gasteiger charge is -2.35. The molecule has 2 nitrogen and oxygen atoms in total. The zero-order chi connectivity index (χ0) is 11.5. The van der Waals surface area contributed by atoms with E-state index in [0.717, 1.165) is 18.1 Å². The maximum atomic E-state index is 13.8. The summed E-state index contributed by atoms with van der Waals surface area (Å²) >= 11 is 1.90. The average Bonchev–Trinajstić information content (AvgIpc) is 2.30. The van der Waals surface area contributed by atoms with Gasteiger partial charge in [-0.2, -0.15) is 17.0 Å². The molecule has 0 radical (unpaired) electrons. The predicted molar refractivity (Wildman–Crippen MR) is 65.2 cm³/mol. The van der Waals surface area contributed by atoms with Crippen LogP contribution in [-0.2, 0) is 0 Å². The van der Waals surface area contributed by atoms with Gasteiger partial charge < -0.3 is 4.90 Å². The summed E-state index contributed by atoms with van der Waals surface area (Å²) in [5.41, 5.74) is 0.993. The number of hydrogen-bond donors (Lipinski definition) is 0. The molecule has 1 aromatic carbocycles. The molecular weight excluding hydrogens is 223 g/mol. The van der Waals surface area contributed by atoms with Crippen LogP contribution in [0.3, 0.4) is 0 Å². The van der Waals surface area contributed by atoms with Gasteiger partial charge in [-0.05, 0) is 25.1 Å². The van der Waals surface area contributed by atoms with Crippen molar-refractivity contribution in [2.75, 3.05) is 23.0 Å². The van der Waals surface area contributed by atoms with Crippen molar-refractivity contribution in [3.63, 3.8) is 0 Å². The van der Waals surface area contributed by atoms with Gasteiger partial charge in [0, 0.05) is 24.1 Å². The van der Waals surface area contributed by atoms with Gasteiger partial charge >= 0.3 is 0 Å². The first-order chi connectivity index (χ1) is 7.72. The highest BCUT2D eigenvalue weighted by Crippen LogP contribution is 2.26. The van der Waals surface area contributed by atoms with Crippen molar-refractivity contribution in [1.29, 1.82) is 5.26 Å². The molecule has 1 heterocycles. The maximum absolute atomic E-state index is 13.8. The number of rotatable bonds is 1. The molecule has 1 aromatic rings. The van der Waals surface area contributed by atoms with E-state index in [4.69, 9.17) is 5.26 Å². The lowest BCUT2D eigenvalue weighted by Crippen LogP contribution is -2.40. The van der Waals surface area contributed by atoms with Crippen molar-refractivity contribution < 1.29 is 4.39 Å². The third-order valence-electron chi connectivity index (χ3n) is 2.75. The minimum atomic E-state index is -0.294. The first-order valence-corrected chi connectivity index (χ1v) is 6.42. The van der Waals surface area contributed by atoms with Crippen LogP contribution in [0.2, 0.25) is 0 Å². The molecule has 84 valence electrons. The lowest BCUT2D eigenvalue weighted by atomic mass is 10.1. The van der Waals surface area contributed by atoms with E-state index in [2.05, 4.69) is 11.8 Å². The van der Waals surface area contributed by atoms with Crippen LogP contribution >= 0.6 is 11.8 Å². The number of nitriles is 1. The van der Waals surface area contributed by atoms with Gasteiger partial charge in [-0.25, -0.2) is 4.39 Å². The highest BCUT2D eigenvalue weighted by Gasteiger charge is 2.21. The molecule has 1 unspecified atom stereocenters. The van der Waals surface area contributed by atoms with Gasteiger partial charge in [0.15, 0.2) is 0 Å². The van der Waals surface area contributed by atoms with Crippen molar-refractivity contribution >= 4 is 17.4 Å². The van der Waals surface area contributed by atoms with Crippen LogP contribution in [0.1, 0.15) is 12.5 Å². The molecule has 1 fully saturated rings. The third kappa shape index (κ3) is 2.14. The highest BCUT2D eigenvalue weighted by atomic mass is 32.2. The molecule has 0 N–H and O–H groups in total. The summed E-state index contributed by atoms with van der Waals surface area (Å²) < 4.78 is 13.8. The number of benzene rings is 1. The van der Waals surface area contributed by atoms with E-state index in [0.29, 0.717) is 17.3 Å². The monoisotopic (exact) mass is 236 g/mol. The molecule has 4 heteroatoms. The summed E-state index contributed by atoms with van der Waals surface area (Å²) in [5.74, 6) is 1.77. The van der Waals surface area contributed by atoms with Crippen molar-refractivity contribution in [3.8, 4) is 6.07 Å². The molecule has 0 saturated carbocycles. The largest absolute Gasteiger partial charge is 0.365 e. The molecule has 16 heavy (non-hydrogen) atoms. The predicted octanol–water partition coefficient (Wildman–Crippen LogP) is 2.64. The molecule has 1 aliphatic rings. The van der Waals surface area contributed by atoms with E-state index in [9.17, 15) is 4.39 Å². The zero-order valence-electron chi connectivity index (χ0n) is 9.11. The second-order valence-corrected chi connectivity index (χ2v) is 5.05. The van der Waals surface area contributed by atoms with Gasteiger partial charge in [-0.1, -0.05) is 0 Å². The van der Waals surface area contributed by atoms with Crippen molar-refractivity contribution in [1.82, 2.24) is 0 Å². The quantitative estimate of drug-likeness (QED) is 0.750. The summed E-state index contributed by atoms with van der Waals surface area (Å²) in [6.45, 7) is 2.97. The van der Waals surface area contributed by atoms with Gasteiger partial charge in [-0.3, -0.25) is 0 Å². The van der Waals surface area contributed by atoms with Crippen LogP contribution in [0.25, 0.3) is 0 Å². The van der Waals surface area contributed by atoms with E-state index >= 15 is 0 Å². The van der Waals surface area contributed by atoms with E-state index in [1.165, 1.54) is 6.07 Å². The van der Waals surface area contributed by atoms with Crippen molar-refractivity contribution in [2.24, 2.45) is 0 Å². The Kier molecular flexibility index (Phi) is 3.35. The first-order valence-electron chi connectivity index (χ1n) is 5.26. The van der Waals surface area contributed by atoms with E-state index in [1.807, 2.05) is 17.8 Å². The van der Waals surface area contributed by atoms with Crippen LogP contribution in [0.4, 0.5) is 10.1 Å². The molecule has 0 aliphatic carbocycles. The number of thioether (sulfide) groups is 1. The molecule has 0 spiro atoms. The molecule has 0 bridgehead atoms. The zero-order valence-corrected chi connectivity index (χ0v) is 9.93. The third-order valence-corrected chi connectivity index (χ3v) is 3.94. The Balaban J connectivity index is 2.29. The summed E-state index contributed by atoms with van der Waals surface area (Å²) in [4.78, 5) is 2.08. The Labute approximate surface area is 99.1 Å². The van der Waals surface area contributed by atoms with Gasteiger partial charge in [0.2, 0.25) is 0 Å². The minimum absolute atomic E-state index is 0.294. The molecule has 0 aromatic heterocycles. The summed E-state index contributed by atoms with van der Waals surface area (Å²) in [6, 6.07) is 6.99. The van der Waals surface area contributed by atoms with Crippen LogP contribution < -0.4 is 4.90 Å². The topological polar surface area (TPSA) is 27.0 Å². The summed E-state index contributed by atoms with van der Waals surface area (Å²) in [5, 5.41) is 8.68. The second-order valence-electron chi connectivity index (χ2n) is 3.90. The fourth-order valence-corrected chi connectivity index (χ4v) is 2.91. The summed E-state index contributed by atoms with van der Waals surface area (Å²) in [6.07, 6.45) is 0. The number of hydrogen-bond acceptors (Lipinski definition) is 3. The lowest BCUT2D eigenvalue weighted by molar-refractivity contribution is 0.603. The van der Waals surface area contributed by atoms with Crippen LogP contribution in [0.5, 0.6) is 0 Å².